The Morgan fingerprint density at radius 1 is 1.45 bits per heavy atom. The van der Waals surface area contributed by atoms with E-state index >= 15 is 0 Å². The number of benzene rings is 1. The van der Waals surface area contributed by atoms with Crippen LogP contribution in [0.5, 0.6) is 0 Å². The summed E-state index contributed by atoms with van der Waals surface area (Å²) in [6.07, 6.45) is 1.79. The van der Waals surface area contributed by atoms with Crippen LogP contribution in [-0.4, -0.2) is 21.7 Å². The average molecular weight is 269 g/mol. The van der Waals surface area contributed by atoms with Crippen molar-refractivity contribution in [1.82, 2.24) is 9.78 Å². The zero-order chi connectivity index (χ0) is 14.5. The molecule has 1 unspecified atom stereocenters. The van der Waals surface area contributed by atoms with E-state index in [2.05, 4.69) is 15.7 Å². The van der Waals surface area contributed by atoms with Gasteiger partial charge in [0.2, 0.25) is 5.91 Å². The second kappa shape index (κ2) is 5.89. The van der Waals surface area contributed by atoms with Crippen LogP contribution in [0.15, 0.2) is 36.5 Å². The molecule has 0 aliphatic heterocycles. The number of nitrogens with one attached hydrogen (secondary N) is 2. The molecule has 2 aromatic rings. The van der Waals surface area contributed by atoms with Crippen molar-refractivity contribution in [3.63, 3.8) is 0 Å². The van der Waals surface area contributed by atoms with Crippen molar-refractivity contribution in [2.24, 2.45) is 7.05 Å². The quantitative estimate of drug-likeness (QED) is 0.885. The number of nitriles is 1. The van der Waals surface area contributed by atoms with Crippen molar-refractivity contribution >= 4 is 17.4 Å². The molecule has 20 heavy (non-hydrogen) atoms. The highest BCUT2D eigenvalue weighted by molar-refractivity contribution is 5.96. The van der Waals surface area contributed by atoms with Crippen LogP contribution in [0.4, 0.5) is 11.5 Å². The number of anilines is 2. The van der Waals surface area contributed by atoms with E-state index in [1.807, 2.05) is 13.1 Å². The SMILES string of the molecule is CC(Nc1ccn(C)n1)C(=O)Nc1cccc(C#N)c1. The van der Waals surface area contributed by atoms with Crippen LogP contribution in [0.1, 0.15) is 12.5 Å². The Bertz CT molecular complexity index is 656. The molecule has 1 atom stereocenters. The van der Waals surface area contributed by atoms with E-state index in [-0.39, 0.29) is 5.91 Å². The Hall–Kier alpha value is -2.81. The van der Waals surface area contributed by atoms with Gasteiger partial charge in [-0.25, -0.2) is 0 Å². The van der Waals surface area contributed by atoms with Gasteiger partial charge in [-0.2, -0.15) is 10.4 Å². The lowest BCUT2D eigenvalue weighted by atomic mass is 10.2. The van der Waals surface area contributed by atoms with Gasteiger partial charge in [-0.05, 0) is 25.1 Å². The third-order valence-corrected chi connectivity index (χ3v) is 2.73. The molecule has 1 aromatic heterocycles. The molecule has 6 nitrogen and oxygen atoms in total. The normalized spacial score (nSPS) is 11.4. The monoisotopic (exact) mass is 269 g/mol. The fourth-order valence-corrected chi connectivity index (χ4v) is 1.70. The third-order valence-electron chi connectivity index (χ3n) is 2.73. The summed E-state index contributed by atoms with van der Waals surface area (Å²) in [4.78, 5) is 12.0. The number of aryl methyl sites for hydroxylation is 1. The van der Waals surface area contributed by atoms with Crippen LogP contribution in [0, 0.1) is 11.3 Å². The molecule has 0 radical (unpaired) electrons. The molecule has 2 rings (SSSR count). The molecule has 0 fully saturated rings. The van der Waals surface area contributed by atoms with Gasteiger partial charge in [0.15, 0.2) is 0 Å². The summed E-state index contributed by atoms with van der Waals surface area (Å²) in [6.45, 7) is 1.75. The summed E-state index contributed by atoms with van der Waals surface area (Å²) < 4.78 is 1.66. The summed E-state index contributed by atoms with van der Waals surface area (Å²) in [7, 11) is 1.81. The van der Waals surface area contributed by atoms with Gasteiger partial charge in [-0.15, -0.1) is 0 Å². The van der Waals surface area contributed by atoms with Crippen LogP contribution < -0.4 is 10.6 Å². The smallest absolute Gasteiger partial charge is 0.246 e. The molecule has 102 valence electrons. The molecule has 0 saturated heterocycles. The second-order valence-corrected chi connectivity index (χ2v) is 4.42. The number of aromatic nitrogens is 2. The zero-order valence-electron chi connectivity index (χ0n) is 11.3. The summed E-state index contributed by atoms with van der Waals surface area (Å²) in [5.41, 5.74) is 1.11. The minimum Gasteiger partial charge on any atom is -0.357 e. The molecule has 0 aliphatic carbocycles. The van der Waals surface area contributed by atoms with Crippen LogP contribution in [0.25, 0.3) is 0 Å². The largest absolute Gasteiger partial charge is 0.357 e. The zero-order valence-corrected chi connectivity index (χ0v) is 11.3. The predicted octanol–water partition coefficient (Wildman–Crippen LogP) is 1.73. The van der Waals surface area contributed by atoms with Gasteiger partial charge < -0.3 is 10.6 Å². The highest BCUT2D eigenvalue weighted by Gasteiger charge is 2.13. The maximum atomic E-state index is 12.0. The first-order valence-corrected chi connectivity index (χ1v) is 6.15. The van der Waals surface area contributed by atoms with Crippen LogP contribution >= 0.6 is 0 Å². The summed E-state index contributed by atoms with van der Waals surface area (Å²) in [6, 6.07) is 10.2. The van der Waals surface area contributed by atoms with Gasteiger partial charge in [0.25, 0.3) is 0 Å². The molecule has 2 N–H and O–H groups in total. The number of hydrogen-bond donors (Lipinski definition) is 2. The molecule has 1 aromatic carbocycles. The first-order valence-electron chi connectivity index (χ1n) is 6.15. The topological polar surface area (TPSA) is 82.7 Å². The highest BCUT2D eigenvalue weighted by atomic mass is 16.2. The van der Waals surface area contributed by atoms with Crippen molar-refractivity contribution in [3.8, 4) is 6.07 Å². The molecule has 1 amide bonds. The maximum absolute atomic E-state index is 12.0. The van der Waals surface area contributed by atoms with Gasteiger partial charge in [0.1, 0.15) is 11.9 Å². The number of carbonyl (C=O) groups is 1. The number of amides is 1. The molecular weight excluding hydrogens is 254 g/mol. The number of nitrogens with zero attached hydrogens (tertiary/aromatic N) is 3. The van der Waals surface area contributed by atoms with Crippen molar-refractivity contribution in [1.29, 1.82) is 5.26 Å². The number of rotatable bonds is 4. The van der Waals surface area contributed by atoms with E-state index in [0.29, 0.717) is 17.1 Å². The highest BCUT2D eigenvalue weighted by Crippen LogP contribution is 2.11. The molecule has 0 aliphatic rings. The number of hydrogen-bond acceptors (Lipinski definition) is 4. The fraction of sp³-hybridized carbons (Fsp3) is 0.214. The van der Waals surface area contributed by atoms with E-state index in [9.17, 15) is 4.79 Å². The van der Waals surface area contributed by atoms with Crippen molar-refractivity contribution in [2.45, 2.75) is 13.0 Å². The van der Waals surface area contributed by atoms with Gasteiger partial charge >= 0.3 is 0 Å². The van der Waals surface area contributed by atoms with Gasteiger partial charge in [-0.1, -0.05) is 6.07 Å². The van der Waals surface area contributed by atoms with Gasteiger partial charge in [-0.3, -0.25) is 9.48 Å². The standard InChI is InChI=1S/C14H15N5O/c1-10(16-13-6-7-19(2)18-13)14(20)17-12-5-3-4-11(8-12)9-15/h3-8,10H,1-2H3,(H,16,18)(H,17,20). The lowest BCUT2D eigenvalue weighted by Gasteiger charge is -2.13. The Balaban J connectivity index is 1.98. The van der Waals surface area contributed by atoms with E-state index in [0.717, 1.165) is 0 Å². The Morgan fingerprint density at radius 3 is 2.90 bits per heavy atom. The Labute approximate surface area is 117 Å². The molecule has 6 heteroatoms. The minimum atomic E-state index is -0.435. The Kier molecular flexibility index (Phi) is 4.01. The maximum Gasteiger partial charge on any atom is 0.246 e. The minimum absolute atomic E-state index is 0.189. The van der Waals surface area contributed by atoms with Crippen molar-refractivity contribution < 1.29 is 4.79 Å². The van der Waals surface area contributed by atoms with Crippen molar-refractivity contribution in [2.75, 3.05) is 10.6 Å². The number of carbonyl (C=O) groups excluding carboxylic acids is 1. The third kappa shape index (κ3) is 3.36. The van der Waals surface area contributed by atoms with Gasteiger partial charge in [0, 0.05) is 25.0 Å². The molecular formula is C14H15N5O. The molecule has 1 heterocycles. The van der Waals surface area contributed by atoms with E-state index in [1.54, 1.807) is 48.1 Å². The first kappa shape index (κ1) is 13.6. The van der Waals surface area contributed by atoms with Crippen LogP contribution in [0.3, 0.4) is 0 Å². The second-order valence-electron chi connectivity index (χ2n) is 4.42. The van der Waals surface area contributed by atoms with E-state index in [1.165, 1.54) is 0 Å². The van der Waals surface area contributed by atoms with Crippen LogP contribution in [-0.2, 0) is 11.8 Å². The fourth-order valence-electron chi connectivity index (χ4n) is 1.70. The average Bonchev–Trinajstić information content (AvgIpc) is 2.84. The lowest BCUT2D eigenvalue weighted by molar-refractivity contribution is -0.116. The molecule has 0 bridgehead atoms. The summed E-state index contributed by atoms with van der Waals surface area (Å²) >= 11 is 0. The lowest BCUT2D eigenvalue weighted by Crippen LogP contribution is -2.32. The molecule has 0 spiro atoms. The molecule has 0 saturated carbocycles. The Morgan fingerprint density at radius 2 is 2.25 bits per heavy atom. The van der Waals surface area contributed by atoms with Crippen LogP contribution in [0.2, 0.25) is 0 Å². The first-order chi connectivity index (χ1) is 9.58. The summed E-state index contributed by atoms with van der Waals surface area (Å²) in [5.74, 6) is 0.451. The van der Waals surface area contributed by atoms with Gasteiger partial charge in [0.05, 0.1) is 11.6 Å². The predicted molar refractivity (Wildman–Crippen MR) is 76.1 cm³/mol. The summed E-state index contributed by atoms with van der Waals surface area (Å²) in [5, 5.41) is 18.7. The van der Waals surface area contributed by atoms with E-state index in [4.69, 9.17) is 5.26 Å². The van der Waals surface area contributed by atoms with Crippen molar-refractivity contribution in [3.05, 3.63) is 42.1 Å². The van der Waals surface area contributed by atoms with E-state index < -0.39 is 6.04 Å².